The number of hydrogen-bond acceptors (Lipinski definition) is 1. The molecule has 1 aromatic carbocycles. The van der Waals surface area contributed by atoms with Gasteiger partial charge in [-0.05, 0) is 6.07 Å². The Morgan fingerprint density at radius 3 is 2.38 bits per heavy atom. The second-order valence-corrected chi connectivity index (χ2v) is 2.80. The molecule has 0 bridgehead atoms. The third-order valence-electron chi connectivity index (χ3n) is 1.61. The lowest BCUT2D eigenvalue weighted by molar-refractivity contribution is 0.611. The Bertz CT molecular complexity index is 401. The first-order valence-corrected chi connectivity index (χ1v) is 4.22. The van der Waals surface area contributed by atoms with Gasteiger partial charge < -0.3 is 17.2 Å². The van der Waals surface area contributed by atoms with Crippen molar-refractivity contribution in [1.29, 1.82) is 0 Å². The van der Waals surface area contributed by atoms with Crippen LogP contribution in [0.4, 0.5) is 4.39 Å². The van der Waals surface area contributed by atoms with E-state index in [2.05, 4.69) is 9.98 Å². The zero-order chi connectivity index (χ0) is 11.3. The summed E-state index contributed by atoms with van der Waals surface area (Å²) in [7, 11) is 0. The van der Waals surface area contributed by atoms with Gasteiger partial charge in [0.25, 0.3) is 0 Å². The van der Waals surface area contributed by atoms with Crippen LogP contribution in [0.2, 0.25) is 0 Å². The molecule has 1 rings (SSSR count). The van der Waals surface area contributed by atoms with Crippen molar-refractivity contribution >= 4 is 24.3 Å². The molecule has 0 atom stereocenters. The maximum absolute atomic E-state index is 13.1. The van der Waals surface area contributed by atoms with Crippen LogP contribution in [-0.4, -0.2) is 11.9 Å². The van der Waals surface area contributed by atoms with Crippen LogP contribution in [0.15, 0.2) is 34.3 Å². The molecule has 7 heteroatoms. The van der Waals surface area contributed by atoms with E-state index in [4.69, 9.17) is 17.2 Å². The Morgan fingerprint density at radius 1 is 1.19 bits per heavy atom. The fourth-order valence-electron chi connectivity index (χ4n) is 0.960. The van der Waals surface area contributed by atoms with Gasteiger partial charge in [0.05, 0.1) is 6.54 Å². The molecular formula is C9H13ClFN5. The second kappa shape index (κ2) is 6.62. The molecule has 0 heterocycles. The Kier molecular flexibility index (Phi) is 5.87. The molecule has 5 nitrogen and oxygen atoms in total. The molecule has 0 unspecified atom stereocenters. The Hall–Kier alpha value is -1.82. The van der Waals surface area contributed by atoms with E-state index in [0.717, 1.165) is 0 Å². The molecule has 0 amide bonds. The van der Waals surface area contributed by atoms with E-state index in [0.29, 0.717) is 5.56 Å². The summed E-state index contributed by atoms with van der Waals surface area (Å²) in [5.41, 5.74) is 16.0. The lowest BCUT2D eigenvalue weighted by atomic mass is 10.2. The second-order valence-electron chi connectivity index (χ2n) is 2.80. The first-order chi connectivity index (χ1) is 7.09. The number of hydrogen-bond donors (Lipinski definition) is 3. The van der Waals surface area contributed by atoms with Crippen LogP contribution in [0.25, 0.3) is 0 Å². The number of nitrogens with two attached hydrogens (primary N) is 3. The minimum absolute atomic E-state index is 0. The average molecular weight is 246 g/mol. The lowest BCUT2D eigenvalue weighted by Gasteiger charge is -1.98. The molecule has 0 saturated carbocycles. The largest absolute Gasteiger partial charge is 0.370 e. The molecule has 6 N–H and O–H groups in total. The predicted molar refractivity (Wildman–Crippen MR) is 64.8 cm³/mol. The van der Waals surface area contributed by atoms with Gasteiger partial charge in [-0.15, -0.1) is 12.4 Å². The van der Waals surface area contributed by atoms with Crippen LogP contribution in [0.5, 0.6) is 0 Å². The van der Waals surface area contributed by atoms with Gasteiger partial charge in [0.2, 0.25) is 5.96 Å². The Balaban J connectivity index is 0.00000225. The molecular weight excluding hydrogens is 233 g/mol. The summed E-state index contributed by atoms with van der Waals surface area (Å²) in [5.74, 6) is -0.582. The molecule has 88 valence electrons. The van der Waals surface area contributed by atoms with E-state index in [1.54, 1.807) is 18.2 Å². The SMILES string of the molecule is Cl.NC(N)=NC(N)=NCc1ccccc1F. The zero-order valence-corrected chi connectivity index (χ0v) is 9.25. The fraction of sp³-hybridized carbons (Fsp3) is 0.111. The average Bonchev–Trinajstić information content (AvgIpc) is 2.15. The topological polar surface area (TPSA) is 103 Å². The fourth-order valence-corrected chi connectivity index (χ4v) is 0.960. The predicted octanol–water partition coefficient (Wildman–Crippen LogP) is 0.336. The van der Waals surface area contributed by atoms with Crippen molar-refractivity contribution in [2.75, 3.05) is 0 Å². The van der Waals surface area contributed by atoms with Gasteiger partial charge in [0.15, 0.2) is 5.96 Å². The maximum atomic E-state index is 13.1. The number of aliphatic imine (C=N–C) groups is 2. The van der Waals surface area contributed by atoms with Crippen molar-refractivity contribution in [1.82, 2.24) is 0 Å². The van der Waals surface area contributed by atoms with Crippen LogP contribution in [0.3, 0.4) is 0 Å². The van der Waals surface area contributed by atoms with E-state index in [-0.39, 0.29) is 36.7 Å². The molecule has 0 aromatic heterocycles. The summed E-state index contributed by atoms with van der Waals surface area (Å²) < 4.78 is 13.1. The molecule has 1 aromatic rings. The van der Waals surface area contributed by atoms with Gasteiger partial charge in [-0.25, -0.2) is 9.38 Å². The van der Waals surface area contributed by atoms with Crippen molar-refractivity contribution in [3.8, 4) is 0 Å². The highest BCUT2D eigenvalue weighted by Crippen LogP contribution is 2.07. The van der Waals surface area contributed by atoms with Crippen molar-refractivity contribution < 1.29 is 4.39 Å². The minimum Gasteiger partial charge on any atom is -0.370 e. The van der Waals surface area contributed by atoms with Crippen LogP contribution in [0, 0.1) is 5.82 Å². The lowest BCUT2D eigenvalue weighted by Crippen LogP contribution is -2.26. The van der Waals surface area contributed by atoms with Crippen LogP contribution in [0.1, 0.15) is 5.56 Å². The highest BCUT2D eigenvalue weighted by Gasteiger charge is 1.98. The standard InChI is InChI=1S/C9H12FN5.ClH/c10-7-4-2-1-3-6(7)5-14-9(13)15-8(11)12;/h1-4H,5H2,(H6,11,12,13,14,15);1H. The third kappa shape index (κ3) is 4.61. The first kappa shape index (κ1) is 14.2. The number of rotatable bonds is 2. The monoisotopic (exact) mass is 245 g/mol. The van der Waals surface area contributed by atoms with Crippen LogP contribution < -0.4 is 17.2 Å². The van der Waals surface area contributed by atoms with Crippen molar-refractivity contribution in [2.45, 2.75) is 6.54 Å². The molecule has 0 fully saturated rings. The summed E-state index contributed by atoms with van der Waals surface area (Å²) in [5, 5.41) is 0. The van der Waals surface area contributed by atoms with Gasteiger partial charge in [0.1, 0.15) is 5.82 Å². The quantitative estimate of drug-likeness (QED) is 0.517. The van der Waals surface area contributed by atoms with E-state index in [9.17, 15) is 4.39 Å². The molecule has 0 radical (unpaired) electrons. The molecule has 16 heavy (non-hydrogen) atoms. The summed E-state index contributed by atoms with van der Waals surface area (Å²) in [6, 6.07) is 6.27. The zero-order valence-electron chi connectivity index (χ0n) is 8.43. The Morgan fingerprint density at radius 2 is 1.81 bits per heavy atom. The van der Waals surface area contributed by atoms with E-state index >= 15 is 0 Å². The molecule has 0 spiro atoms. The number of benzene rings is 1. The van der Waals surface area contributed by atoms with Gasteiger partial charge in [-0.1, -0.05) is 18.2 Å². The first-order valence-electron chi connectivity index (χ1n) is 4.22. The highest BCUT2D eigenvalue weighted by molar-refractivity contribution is 5.92. The van der Waals surface area contributed by atoms with Gasteiger partial charge >= 0.3 is 0 Å². The van der Waals surface area contributed by atoms with E-state index < -0.39 is 0 Å². The summed E-state index contributed by atoms with van der Waals surface area (Å²) >= 11 is 0. The van der Waals surface area contributed by atoms with Crippen LogP contribution in [-0.2, 0) is 6.54 Å². The van der Waals surface area contributed by atoms with Crippen molar-refractivity contribution in [2.24, 2.45) is 27.2 Å². The molecule has 0 aliphatic heterocycles. The van der Waals surface area contributed by atoms with Gasteiger partial charge in [0, 0.05) is 5.56 Å². The van der Waals surface area contributed by atoms with Crippen molar-refractivity contribution in [3.05, 3.63) is 35.6 Å². The van der Waals surface area contributed by atoms with Gasteiger partial charge in [-0.3, -0.25) is 0 Å². The van der Waals surface area contributed by atoms with E-state index in [1.165, 1.54) is 6.07 Å². The smallest absolute Gasteiger partial charge is 0.218 e. The molecule has 0 aliphatic rings. The molecule has 0 aliphatic carbocycles. The maximum Gasteiger partial charge on any atom is 0.218 e. The summed E-state index contributed by atoms with van der Waals surface area (Å²) in [6.45, 7) is 0.106. The number of guanidine groups is 2. The van der Waals surface area contributed by atoms with Gasteiger partial charge in [-0.2, -0.15) is 4.99 Å². The van der Waals surface area contributed by atoms with Crippen LogP contribution >= 0.6 is 12.4 Å². The third-order valence-corrected chi connectivity index (χ3v) is 1.61. The summed E-state index contributed by atoms with van der Waals surface area (Å²) in [6.07, 6.45) is 0. The summed E-state index contributed by atoms with van der Waals surface area (Å²) in [4.78, 5) is 7.30. The van der Waals surface area contributed by atoms with Crippen molar-refractivity contribution in [3.63, 3.8) is 0 Å². The number of nitrogens with zero attached hydrogens (tertiary/aromatic N) is 2. The van der Waals surface area contributed by atoms with E-state index in [1.807, 2.05) is 0 Å². The normalized spacial score (nSPS) is 10.4. The molecule has 0 saturated heterocycles. The minimum atomic E-state index is -0.334. The highest BCUT2D eigenvalue weighted by atomic mass is 35.5. The number of halogens is 2. The Labute approximate surface area is 98.7 Å².